The molecule has 1 unspecified atom stereocenters. The average Bonchev–Trinajstić information content (AvgIpc) is 3.07. The Morgan fingerprint density at radius 2 is 2.05 bits per heavy atom. The standard InChI is InChI=1S/C18H26N2O2/c21-13-14-5-4-10-20(12-14)18(22)15-6-3-9-17(11-15)19-16-7-1-2-8-16/h3,6,9,11,14,16,19,21H,1-2,4-5,7-8,10,12-13H2. The third-order valence-electron chi connectivity index (χ3n) is 4.90. The van der Waals surface area contributed by atoms with Crippen molar-refractivity contribution in [2.75, 3.05) is 25.0 Å². The Balaban J connectivity index is 1.66. The molecule has 1 heterocycles. The highest BCUT2D eigenvalue weighted by atomic mass is 16.3. The van der Waals surface area contributed by atoms with E-state index in [9.17, 15) is 9.90 Å². The Hall–Kier alpha value is -1.55. The summed E-state index contributed by atoms with van der Waals surface area (Å²) in [6.07, 6.45) is 7.05. The molecule has 0 aromatic heterocycles. The monoisotopic (exact) mass is 302 g/mol. The maximum Gasteiger partial charge on any atom is 0.253 e. The second kappa shape index (κ2) is 7.14. The molecule has 3 rings (SSSR count). The highest BCUT2D eigenvalue weighted by molar-refractivity contribution is 5.95. The number of hydrogen-bond acceptors (Lipinski definition) is 3. The van der Waals surface area contributed by atoms with E-state index < -0.39 is 0 Å². The molecule has 1 aliphatic carbocycles. The number of piperidine rings is 1. The van der Waals surface area contributed by atoms with Crippen LogP contribution in [0, 0.1) is 5.92 Å². The summed E-state index contributed by atoms with van der Waals surface area (Å²) in [5.74, 6) is 0.325. The van der Waals surface area contributed by atoms with Crippen LogP contribution in [0.1, 0.15) is 48.9 Å². The highest BCUT2D eigenvalue weighted by Crippen LogP contribution is 2.24. The fourth-order valence-electron chi connectivity index (χ4n) is 3.63. The van der Waals surface area contributed by atoms with E-state index >= 15 is 0 Å². The Morgan fingerprint density at radius 1 is 1.23 bits per heavy atom. The molecule has 2 fully saturated rings. The van der Waals surface area contributed by atoms with Crippen molar-refractivity contribution < 1.29 is 9.90 Å². The summed E-state index contributed by atoms with van der Waals surface area (Å²) in [5, 5.41) is 12.9. The molecule has 1 saturated heterocycles. The van der Waals surface area contributed by atoms with Crippen molar-refractivity contribution >= 4 is 11.6 Å². The van der Waals surface area contributed by atoms with Crippen molar-refractivity contribution in [3.05, 3.63) is 29.8 Å². The Bertz CT molecular complexity index is 512. The highest BCUT2D eigenvalue weighted by Gasteiger charge is 2.24. The molecule has 0 spiro atoms. The van der Waals surface area contributed by atoms with E-state index in [0.29, 0.717) is 12.6 Å². The number of aliphatic hydroxyl groups excluding tert-OH is 1. The predicted octanol–water partition coefficient (Wildman–Crippen LogP) is 2.89. The number of nitrogens with one attached hydrogen (secondary N) is 1. The van der Waals surface area contributed by atoms with Crippen LogP contribution in [-0.4, -0.2) is 41.7 Å². The van der Waals surface area contributed by atoms with Gasteiger partial charge in [-0.2, -0.15) is 0 Å². The number of benzene rings is 1. The molecule has 2 N–H and O–H groups in total. The van der Waals surface area contributed by atoms with Gasteiger partial charge in [-0.15, -0.1) is 0 Å². The van der Waals surface area contributed by atoms with Gasteiger partial charge in [0.2, 0.25) is 0 Å². The van der Waals surface area contributed by atoms with Gasteiger partial charge in [-0.3, -0.25) is 4.79 Å². The molecular weight excluding hydrogens is 276 g/mol. The van der Waals surface area contributed by atoms with Gasteiger partial charge in [-0.25, -0.2) is 0 Å². The Kier molecular flexibility index (Phi) is 4.98. The van der Waals surface area contributed by atoms with Gasteiger partial charge in [0.1, 0.15) is 0 Å². The third kappa shape index (κ3) is 3.61. The van der Waals surface area contributed by atoms with E-state index in [2.05, 4.69) is 5.32 Å². The minimum absolute atomic E-state index is 0.0909. The molecule has 120 valence electrons. The third-order valence-corrected chi connectivity index (χ3v) is 4.90. The van der Waals surface area contributed by atoms with Crippen LogP contribution < -0.4 is 5.32 Å². The molecule has 1 aliphatic heterocycles. The van der Waals surface area contributed by atoms with Crippen LogP contribution in [0.15, 0.2) is 24.3 Å². The SMILES string of the molecule is O=C(c1cccc(NC2CCCC2)c1)N1CCCC(CO)C1. The fraction of sp³-hybridized carbons (Fsp3) is 0.611. The van der Waals surface area contributed by atoms with E-state index in [1.165, 1.54) is 25.7 Å². The molecule has 1 amide bonds. The fourth-order valence-corrected chi connectivity index (χ4v) is 3.63. The Morgan fingerprint density at radius 3 is 2.82 bits per heavy atom. The van der Waals surface area contributed by atoms with Gasteiger partial charge in [0.15, 0.2) is 0 Å². The number of likely N-dealkylation sites (tertiary alicyclic amines) is 1. The molecule has 1 saturated carbocycles. The minimum atomic E-state index is 0.0909. The summed E-state index contributed by atoms with van der Waals surface area (Å²) in [6.45, 7) is 1.65. The summed E-state index contributed by atoms with van der Waals surface area (Å²) in [7, 11) is 0. The van der Waals surface area contributed by atoms with Gasteiger partial charge in [0.05, 0.1) is 0 Å². The lowest BCUT2D eigenvalue weighted by molar-refractivity contribution is 0.0621. The van der Waals surface area contributed by atoms with Gasteiger partial charge in [0, 0.05) is 37.0 Å². The number of carbonyl (C=O) groups is 1. The summed E-state index contributed by atoms with van der Waals surface area (Å²) < 4.78 is 0. The zero-order valence-corrected chi connectivity index (χ0v) is 13.1. The quantitative estimate of drug-likeness (QED) is 0.899. The summed E-state index contributed by atoms with van der Waals surface area (Å²) in [5.41, 5.74) is 1.80. The van der Waals surface area contributed by atoms with Crippen molar-refractivity contribution in [3.8, 4) is 0 Å². The van der Waals surface area contributed by atoms with Gasteiger partial charge in [-0.1, -0.05) is 18.9 Å². The molecule has 1 aromatic rings. The van der Waals surface area contributed by atoms with Crippen LogP contribution in [0.4, 0.5) is 5.69 Å². The van der Waals surface area contributed by atoms with E-state index in [0.717, 1.165) is 30.6 Å². The number of rotatable bonds is 4. The van der Waals surface area contributed by atoms with Crippen molar-refractivity contribution in [3.63, 3.8) is 0 Å². The zero-order valence-electron chi connectivity index (χ0n) is 13.1. The first-order chi connectivity index (χ1) is 10.8. The predicted molar refractivity (Wildman–Crippen MR) is 88.0 cm³/mol. The van der Waals surface area contributed by atoms with Crippen LogP contribution in [-0.2, 0) is 0 Å². The molecule has 22 heavy (non-hydrogen) atoms. The molecule has 1 atom stereocenters. The van der Waals surface area contributed by atoms with E-state index in [1.807, 2.05) is 29.2 Å². The minimum Gasteiger partial charge on any atom is -0.396 e. The van der Waals surface area contributed by atoms with Crippen LogP contribution in [0.3, 0.4) is 0 Å². The smallest absolute Gasteiger partial charge is 0.253 e. The second-order valence-corrected chi connectivity index (χ2v) is 6.65. The largest absolute Gasteiger partial charge is 0.396 e. The van der Waals surface area contributed by atoms with E-state index in [1.54, 1.807) is 0 Å². The zero-order chi connectivity index (χ0) is 15.4. The van der Waals surface area contributed by atoms with Gasteiger partial charge < -0.3 is 15.3 Å². The first-order valence-electron chi connectivity index (χ1n) is 8.53. The van der Waals surface area contributed by atoms with Crippen molar-refractivity contribution in [1.82, 2.24) is 4.90 Å². The lowest BCUT2D eigenvalue weighted by Crippen LogP contribution is -2.40. The van der Waals surface area contributed by atoms with Crippen LogP contribution in [0.5, 0.6) is 0 Å². The summed E-state index contributed by atoms with van der Waals surface area (Å²) >= 11 is 0. The molecule has 1 aromatic carbocycles. The molecule has 2 aliphatic rings. The molecule has 4 heteroatoms. The van der Waals surface area contributed by atoms with Crippen molar-refractivity contribution in [2.24, 2.45) is 5.92 Å². The average molecular weight is 302 g/mol. The summed E-state index contributed by atoms with van der Waals surface area (Å²) in [4.78, 5) is 14.6. The van der Waals surface area contributed by atoms with Gasteiger partial charge in [0.25, 0.3) is 5.91 Å². The number of nitrogens with zero attached hydrogens (tertiary/aromatic N) is 1. The topological polar surface area (TPSA) is 52.6 Å². The van der Waals surface area contributed by atoms with Gasteiger partial charge >= 0.3 is 0 Å². The lowest BCUT2D eigenvalue weighted by atomic mass is 9.98. The Labute approximate surface area is 132 Å². The van der Waals surface area contributed by atoms with Crippen molar-refractivity contribution in [2.45, 2.75) is 44.6 Å². The molecular formula is C18H26N2O2. The van der Waals surface area contributed by atoms with Crippen molar-refractivity contribution in [1.29, 1.82) is 0 Å². The number of carbonyl (C=O) groups excluding carboxylic acids is 1. The number of aliphatic hydroxyl groups is 1. The second-order valence-electron chi connectivity index (χ2n) is 6.65. The molecule has 0 bridgehead atoms. The summed E-state index contributed by atoms with van der Waals surface area (Å²) in [6, 6.07) is 8.42. The maximum absolute atomic E-state index is 12.7. The maximum atomic E-state index is 12.7. The van der Waals surface area contributed by atoms with E-state index in [4.69, 9.17) is 0 Å². The number of amides is 1. The lowest BCUT2D eigenvalue weighted by Gasteiger charge is -2.32. The first kappa shape index (κ1) is 15.3. The first-order valence-corrected chi connectivity index (χ1v) is 8.53. The normalized spacial score (nSPS) is 22.8. The van der Waals surface area contributed by atoms with Crippen LogP contribution >= 0.6 is 0 Å². The molecule has 4 nitrogen and oxygen atoms in total. The van der Waals surface area contributed by atoms with Crippen LogP contribution in [0.2, 0.25) is 0 Å². The number of hydrogen-bond donors (Lipinski definition) is 2. The molecule has 0 radical (unpaired) electrons. The number of anilines is 1. The van der Waals surface area contributed by atoms with E-state index in [-0.39, 0.29) is 18.4 Å². The van der Waals surface area contributed by atoms with Gasteiger partial charge in [-0.05, 0) is 49.8 Å². The van der Waals surface area contributed by atoms with Crippen LogP contribution in [0.25, 0.3) is 0 Å².